The number of hydrogen-bond donors (Lipinski definition) is 2. The first kappa shape index (κ1) is 19.2. The lowest BCUT2D eigenvalue weighted by molar-refractivity contribution is 0.0221. The molecule has 0 spiro atoms. The maximum atomic E-state index is 12.2. The zero-order chi connectivity index (χ0) is 16.8. The third kappa shape index (κ3) is 7.99. The van der Waals surface area contributed by atoms with Gasteiger partial charge in [0.2, 0.25) is 0 Å². The second-order valence-corrected chi connectivity index (χ2v) is 8.19. The summed E-state index contributed by atoms with van der Waals surface area (Å²) in [5.74, 6) is 0. The molecule has 5 nitrogen and oxygen atoms in total. The van der Waals surface area contributed by atoms with Gasteiger partial charge in [0.05, 0.1) is 0 Å². The van der Waals surface area contributed by atoms with E-state index < -0.39 is 5.60 Å². The van der Waals surface area contributed by atoms with Gasteiger partial charge in [0.25, 0.3) is 0 Å². The summed E-state index contributed by atoms with van der Waals surface area (Å²) in [4.78, 5) is 14.1. The Morgan fingerprint density at radius 2 is 1.82 bits per heavy atom. The van der Waals surface area contributed by atoms with Gasteiger partial charge in [0, 0.05) is 31.2 Å². The van der Waals surface area contributed by atoms with Crippen LogP contribution < -0.4 is 10.6 Å². The molecule has 1 rings (SSSR count). The molecular weight excluding hydrogens is 278 g/mol. The fourth-order valence-corrected chi connectivity index (χ4v) is 2.62. The number of rotatable bonds is 6. The third-order valence-corrected chi connectivity index (χ3v) is 3.62. The zero-order valence-electron chi connectivity index (χ0n) is 15.3. The predicted octanol–water partition coefficient (Wildman–Crippen LogP) is 2.75. The van der Waals surface area contributed by atoms with E-state index in [2.05, 4.69) is 31.4 Å². The molecule has 1 fully saturated rings. The molecule has 0 radical (unpaired) electrons. The Kier molecular flexibility index (Phi) is 7.13. The minimum Gasteiger partial charge on any atom is -0.444 e. The summed E-state index contributed by atoms with van der Waals surface area (Å²) in [7, 11) is 0. The van der Waals surface area contributed by atoms with Crippen molar-refractivity contribution in [3.63, 3.8) is 0 Å². The van der Waals surface area contributed by atoms with Gasteiger partial charge in [-0.25, -0.2) is 4.79 Å². The van der Waals surface area contributed by atoms with Crippen molar-refractivity contribution in [3.05, 3.63) is 0 Å². The first-order valence-electron chi connectivity index (χ1n) is 8.54. The SMILES string of the molecule is CC(C)(C)NCCNCCC1CCCN1C(=O)OC(C)(C)C. The van der Waals surface area contributed by atoms with Crippen molar-refractivity contribution in [1.82, 2.24) is 15.5 Å². The van der Waals surface area contributed by atoms with E-state index in [0.717, 1.165) is 45.4 Å². The molecule has 5 heteroatoms. The molecule has 0 aromatic carbocycles. The highest BCUT2D eigenvalue weighted by molar-refractivity contribution is 5.68. The van der Waals surface area contributed by atoms with E-state index in [1.807, 2.05) is 25.7 Å². The number of carbonyl (C=O) groups excluding carboxylic acids is 1. The molecule has 1 aliphatic rings. The number of nitrogens with one attached hydrogen (secondary N) is 2. The van der Waals surface area contributed by atoms with E-state index in [0.29, 0.717) is 6.04 Å². The molecule has 0 aromatic rings. The molecule has 0 saturated carbocycles. The van der Waals surface area contributed by atoms with Crippen molar-refractivity contribution < 1.29 is 9.53 Å². The van der Waals surface area contributed by atoms with Crippen LogP contribution in [0.5, 0.6) is 0 Å². The van der Waals surface area contributed by atoms with Crippen LogP contribution in [0.15, 0.2) is 0 Å². The molecule has 1 atom stereocenters. The number of amides is 1. The number of nitrogens with zero attached hydrogens (tertiary/aromatic N) is 1. The quantitative estimate of drug-likeness (QED) is 0.740. The molecule has 1 amide bonds. The van der Waals surface area contributed by atoms with Gasteiger partial charge in [-0.1, -0.05) is 0 Å². The molecule has 22 heavy (non-hydrogen) atoms. The van der Waals surface area contributed by atoms with Gasteiger partial charge in [0.15, 0.2) is 0 Å². The average molecular weight is 313 g/mol. The van der Waals surface area contributed by atoms with Crippen molar-refractivity contribution in [3.8, 4) is 0 Å². The minimum atomic E-state index is -0.416. The van der Waals surface area contributed by atoms with Crippen LogP contribution in [0.2, 0.25) is 0 Å². The lowest BCUT2D eigenvalue weighted by atomic mass is 10.1. The van der Waals surface area contributed by atoms with E-state index >= 15 is 0 Å². The van der Waals surface area contributed by atoms with Crippen molar-refractivity contribution in [2.24, 2.45) is 0 Å². The van der Waals surface area contributed by atoms with E-state index in [9.17, 15) is 4.79 Å². The Balaban J connectivity index is 2.23. The van der Waals surface area contributed by atoms with Crippen LogP contribution in [-0.2, 0) is 4.74 Å². The Morgan fingerprint density at radius 3 is 2.41 bits per heavy atom. The second kappa shape index (κ2) is 8.16. The summed E-state index contributed by atoms with van der Waals surface area (Å²) in [6.45, 7) is 15.9. The maximum absolute atomic E-state index is 12.2. The van der Waals surface area contributed by atoms with Gasteiger partial charge in [-0.2, -0.15) is 0 Å². The first-order chi connectivity index (χ1) is 10.1. The third-order valence-electron chi connectivity index (χ3n) is 3.62. The summed E-state index contributed by atoms with van der Waals surface area (Å²) in [5, 5.41) is 6.91. The van der Waals surface area contributed by atoms with Crippen molar-refractivity contribution in [2.75, 3.05) is 26.2 Å². The normalized spacial score (nSPS) is 19.5. The van der Waals surface area contributed by atoms with E-state index in [1.165, 1.54) is 0 Å². The molecule has 0 aliphatic carbocycles. The first-order valence-corrected chi connectivity index (χ1v) is 8.54. The maximum Gasteiger partial charge on any atom is 0.410 e. The molecule has 0 bridgehead atoms. The van der Waals surface area contributed by atoms with Crippen molar-refractivity contribution in [1.29, 1.82) is 0 Å². The van der Waals surface area contributed by atoms with Crippen LogP contribution in [-0.4, -0.2) is 54.4 Å². The Bertz CT molecular complexity index is 345. The Labute approximate surface area is 136 Å². The molecule has 0 aromatic heterocycles. The fraction of sp³-hybridized carbons (Fsp3) is 0.941. The molecule has 1 unspecified atom stereocenters. The molecular formula is C17H35N3O2. The second-order valence-electron chi connectivity index (χ2n) is 8.19. The lowest BCUT2D eigenvalue weighted by Gasteiger charge is -2.28. The highest BCUT2D eigenvalue weighted by atomic mass is 16.6. The standard InChI is InChI=1S/C17H35N3O2/c1-16(2,3)19-12-11-18-10-9-14-8-7-13-20(14)15(21)22-17(4,5)6/h14,18-19H,7-13H2,1-6H3. The van der Waals surface area contributed by atoms with Gasteiger partial charge < -0.3 is 20.3 Å². The molecule has 1 saturated heterocycles. The number of likely N-dealkylation sites (tertiary alicyclic amines) is 1. The molecule has 1 aliphatic heterocycles. The summed E-state index contributed by atoms with van der Waals surface area (Å²) in [6, 6.07) is 0.318. The average Bonchev–Trinajstić information content (AvgIpc) is 2.78. The van der Waals surface area contributed by atoms with E-state index in [1.54, 1.807) is 0 Å². The number of carbonyl (C=O) groups is 1. The molecule has 130 valence electrons. The minimum absolute atomic E-state index is 0.163. The van der Waals surface area contributed by atoms with Crippen LogP contribution in [0.4, 0.5) is 4.79 Å². The van der Waals surface area contributed by atoms with Gasteiger partial charge in [0.1, 0.15) is 5.60 Å². The largest absolute Gasteiger partial charge is 0.444 e. The van der Waals surface area contributed by atoms with Crippen LogP contribution in [0, 0.1) is 0 Å². The number of ether oxygens (including phenoxy) is 1. The van der Waals surface area contributed by atoms with Gasteiger partial charge >= 0.3 is 6.09 Å². The highest BCUT2D eigenvalue weighted by Crippen LogP contribution is 2.22. The zero-order valence-corrected chi connectivity index (χ0v) is 15.3. The van der Waals surface area contributed by atoms with Crippen LogP contribution >= 0.6 is 0 Å². The Hall–Kier alpha value is -0.810. The molecule has 2 N–H and O–H groups in total. The lowest BCUT2D eigenvalue weighted by Crippen LogP contribution is -2.42. The molecule has 1 heterocycles. The van der Waals surface area contributed by atoms with Crippen molar-refractivity contribution in [2.45, 2.75) is 78.0 Å². The predicted molar refractivity (Wildman–Crippen MR) is 91.2 cm³/mol. The van der Waals surface area contributed by atoms with Crippen LogP contribution in [0.3, 0.4) is 0 Å². The summed E-state index contributed by atoms with van der Waals surface area (Å²) in [6.07, 6.45) is 3.00. The van der Waals surface area contributed by atoms with Crippen LogP contribution in [0.1, 0.15) is 60.8 Å². The van der Waals surface area contributed by atoms with Gasteiger partial charge in [-0.15, -0.1) is 0 Å². The van der Waals surface area contributed by atoms with Gasteiger partial charge in [-0.3, -0.25) is 0 Å². The van der Waals surface area contributed by atoms with E-state index in [-0.39, 0.29) is 11.6 Å². The fourth-order valence-electron chi connectivity index (χ4n) is 2.62. The van der Waals surface area contributed by atoms with Crippen LogP contribution in [0.25, 0.3) is 0 Å². The Morgan fingerprint density at radius 1 is 1.14 bits per heavy atom. The summed E-state index contributed by atoms with van der Waals surface area (Å²) < 4.78 is 5.49. The topological polar surface area (TPSA) is 53.6 Å². The van der Waals surface area contributed by atoms with Gasteiger partial charge in [-0.05, 0) is 67.3 Å². The van der Waals surface area contributed by atoms with Crippen molar-refractivity contribution >= 4 is 6.09 Å². The number of hydrogen-bond acceptors (Lipinski definition) is 4. The van der Waals surface area contributed by atoms with E-state index in [4.69, 9.17) is 4.74 Å². The summed E-state index contributed by atoms with van der Waals surface area (Å²) in [5.41, 5.74) is -0.248. The highest BCUT2D eigenvalue weighted by Gasteiger charge is 2.31. The summed E-state index contributed by atoms with van der Waals surface area (Å²) >= 11 is 0. The monoisotopic (exact) mass is 313 g/mol. The smallest absolute Gasteiger partial charge is 0.410 e.